The lowest BCUT2D eigenvalue weighted by molar-refractivity contribution is -0.145. The van der Waals surface area contributed by atoms with E-state index in [0.717, 1.165) is 11.3 Å². The van der Waals surface area contributed by atoms with Crippen molar-refractivity contribution in [2.24, 2.45) is 0 Å². The van der Waals surface area contributed by atoms with Gasteiger partial charge in [0, 0.05) is 12.6 Å². The van der Waals surface area contributed by atoms with Crippen LogP contribution < -0.4 is 0 Å². The van der Waals surface area contributed by atoms with Crippen molar-refractivity contribution in [3.63, 3.8) is 0 Å². The number of pyridine rings is 1. The van der Waals surface area contributed by atoms with Crippen LogP contribution in [0.25, 0.3) is 0 Å². The van der Waals surface area contributed by atoms with Crippen LogP contribution in [-0.2, 0) is 32.1 Å². The van der Waals surface area contributed by atoms with Gasteiger partial charge in [0.25, 0.3) is 0 Å². The maximum Gasteiger partial charge on any atom is 0.411 e. The molecule has 0 spiro atoms. The molecule has 2 amide bonds. The number of fused-ring (bicyclic) bond motifs is 1. The highest BCUT2D eigenvalue weighted by Crippen LogP contribution is 2.26. The smallest absolute Gasteiger partial charge is 0.411 e. The van der Waals surface area contributed by atoms with Crippen LogP contribution in [0.5, 0.6) is 0 Å². The minimum atomic E-state index is -0.852. The van der Waals surface area contributed by atoms with E-state index in [-0.39, 0.29) is 13.0 Å². The van der Waals surface area contributed by atoms with E-state index < -0.39 is 35.9 Å². The molecule has 2 aliphatic rings. The summed E-state index contributed by atoms with van der Waals surface area (Å²) in [5.41, 5.74) is 1.11. The van der Waals surface area contributed by atoms with Crippen molar-refractivity contribution in [3.05, 3.63) is 29.6 Å². The molecule has 0 aliphatic carbocycles. The summed E-state index contributed by atoms with van der Waals surface area (Å²) in [6.45, 7) is 6.09. The highest BCUT2D eigenvalue weighted by Gasteiger charge is 2.44. The summed E-state index contributed by atoms with van der Waals surface area (Å²) < 4.78 is 15.7. The van der Waals surface area contributed by atoms with Crippen LogP contribution >= 0.6 is 0 Å². The number of methoxy groups -OCH3 is 1. The van der Waals surface area contributed by atoms with E-state index >= 15 is 0 Å². The van der Waals surface area contributed by atoms with Gasteiger partial charge in [-0.25, -0.2) is 14.4 Å². The van der Waals surface area contributed by atoms with Crippen molar-refractivity contribution in [2.45, 2.75) is 58.0 Å². The summed E-state index contributed by atoms with van der Waals surface area (Å²) in [6.07, 6.45) is 0.0822. The number of esters is 1. The fourth-order valence-electron chi connectivity index (χ4n) is 3.31. The Morgan fingerprint density at radius 1 is 1.18 bits per heavy atom. The summed E-state index contributed by atoms with van der Waals surface area (Å²) in [6, 6.07) is 2.89. The third-order valence-electron chi connectivity index (χ3n) is 4.58. The molecule has 0 radical (unpaired) electrons. The largest absolute Gasteiger partial charge is 0.467 e. The summed E-state index contributed by atoms with van der Waals surface area (Å²) >= 11 is 0. The van der Waals surface area contributed by atoms with Crippen molar-refractivity contribution in [1.29, 1.82) is 0 Å². The summed E-state index contributed by atoms with van der Waals surface area (Å²) in [5.74, 6) is -0.567. The minimum Gasteiger partial charge on any atom is -0.467 e. The average molecular weight is 391 g/mol. The van der Waals surface area contributed by atoms with Gasteiger partial charge < -0.3 is 14.2 Å². The number of hydrogen-bond acceptors (Lipinski definition) is 7. The number of nitrogens with zero attached hydrogens (tertiary/aromatic N) is 3. The van der Waals surface area contributed by atoms with E-state index in [1.165, 1.54) is 12.0 Å². The molecule has 0 unspecified atom stereocenters. The predicted octanol–water partition coefficient (Wildman–Crippen LogP) is 2.08. The Hall–Kier alpha value is -2.84. The average Bonchev–Trinajstić information content (AvgIpc) is 3.23. The van der Waals surface area contributed by atoms with Gasteiger partial charge in [0.15, 0.2) is 0 Å². The van der Waals surface area contributed by atoms with Gasteiger partial charge in [-0.1, -0.05) is 6.07 Å². The van der Waals surface area contributed by atoms with E-state index in [9.17, 15) is 14.4 Å². The molecule has 3 heterocycles. The van der Waals surface area contributed by atoms with Crippen LogP contribution in [0.15, 0.2) is 18.3 Å². The molecule has 1 aromatic heterocycles. The molecule has 28 heavy (non-hydrogen) atoms. The van der Waals surface area contributed by atoms with Crippen molar-refractivity contribution >= 4 is 18.2 Å². The third-order valence-corrected chi connectivity index (χ3v) is 4.58. The van der Waals surface area contributed by atoms with Gasteiger partial charge in [-0.3, -0.25) is 14.8 Å². The van der Waals surface area contributed by atoms with Crippen LogP contribution in [0.2, 0.25) is 0 Å². The van der Waals surface area contributed by atoms with Gasteiger partial charge in [0.2, 0.25) is 0 Å². The SMILES string of the molecule is COC(=O)[C@@H]1C[C@@H](OC(=O)N2Cc3cccnc3C2)CN1C(=O)OC(C)(C)C. The lowest BCUT2D eigenvalue weighted by Gasteiger charge is -2.27. The van der Waals surface area contributed by atoms with E-state index in [0.29, 0.717) is 13.1 Å². The fourth-order valence-corrected chi connectivity index (χ4v) is 3.31. The molecule has 0 N–H and O–H groups in total. The fraction of sp³-hybridized carbons (Fsp3) is 0.579. The molecule has 0 aromatic carbocycles. The van der Waals surface area contributed by atoms with Crippen molar-refractivity contribution < 1.29 is 28.6 Å². The first-order valence-electron chi connectivity index (χ1n) is 9.13. The van der Waals surface area contributed by atoms with Crippen LogP contribution in [0.3, 0.4) is 0 Å². The Morgan fingerprint density at radius 2 is 1.93 bits per heavy atom. The molecule has 2 atom stereocenters. The molecule has 2 aliphatic heterocycles. The second-order valence-corrected chi connectivity index (χ2v) is 7.88. The van der Waals surface area contributed by atoms with Gasteiger partial charge in [-0.15, -0.1) is 0 Å². The zero-order valence-electron chi connectivity index (χ0n) is 16.5. The molecule has 0 saturated carbocycles. The van der Waals surface area contributed by atoms with Gasteiger partial charge in [-0.05, 0) is 32.4 Å². The molecule has 1 saturated heterocycles. The first-order valence-corrected chi connectivity index (χ1v) is 9.13. The predicted molar refractivity (Wildman–Crippen MR) is 97.1 cm³/mol. The molecule has 9 heteroatoms. The molecule has 0 bridgehead atoms. The number of ether oxygens (including phenoxy) is 3. The third kappa shape index (κ3) is 4.35. The highest BCUT2D eigenvalue weighted by molar-refractivity contribution is 5.82. The Balaban J connectivity index is 1.64. The van der Waals surface area contributed by atoms with Gasteiger partial charge in [-0.2, -0.15) is 0 Å². The molecular weight excluding hydrogens is 366 g/mol. The van der Waals surface area contributed by atoms with Crippen LogP contribution in [-0.4, -0.2) is 64.3 Å². The molecule has 1 fully saturated rings. The van der Waals surface area contributed by atoms with Crippen LogP contribution in [0.1, 0.15) is 38.4 Å². The minimum absolute atomic E-state index is 0.0689. The number of likely N-dealkylation sites (tertiary alicyclic amines) is 1. The van der Waals surface area contributed by atoms with Crippen LogP contribution in [0.4, 0.5) is 9.59 Å². The molecule has 152 valence electrons. The van der Waals surface area contributed by atoms with Crippen molar-refractivity contribution in [3.8, 4) is 0 Å². The maximum atomic E-state index is 12.5. The normalized spacial score (nSPS) is 21.3. The van der Waals surface area contributed by atoms with E-state index in [2.05, 4.69) is 4.98 Å². The second kappa shape index (κ2) is 7.65. The lowest BCUT2D eigenvalue weighted by atomic mass is 10.2. The summed E-state index contributed by atoms with van der Waals surface area (Å²) in [5, 5.41) is 0. The zero-order chi connectivity index (χ0) is 20.5. The molecular formula is C19H25N3O6. The lowest BCUT2D eigenvalue weighted by Crippen LogP contribution is -2.44. The van der Waals surface area contributed by atoms with E-state index in [1.54, 1.807) is 31.9 Å². The van der Waals surface area contributed by atoms with Crippen LogP contribution in [0, 0.1) is 0 Å². The van der Waals surface area contributed by atoms with E-state index in [4.69, 9.17) is 14.2 Å². The number of rotatable bonds is 2. The second-order valence-electron chi connectivity index (χ2n) is 7.88. The molecule has 9 nitrogen and oxygen atoms in total. The Labute approximate surface area is 163 Å². The summed E-state index contributed by atoms with van der Waals surface area (Å²) in [7, 11) is 1.25. The molecule has 1 aromatic rings. The highest BCUT2D eigenvalue weighted by atomic mass is 16.6. The number of carbonyl (C=O) groups is 3. The number of hydrogen-bond donors (Lipinski definition) is 0. The summed E-state index contributed by atoms with van der Waals surface area (Å²) in [4.78, 5) is 44.2. The van der Waals surface area contributed by atoms with Gasteiger partial charge in [0.1, 0.15) is 17.7 Å². The quantitative estimate of drug-likeness (QED) is 0.562. The standard InChI is InChI=1S/C19H25N3O6/c1-19(2,3)28-18(25)22-10-13(8-15(22)16(23)26-4)27-17(24)21-9-12-6-5-7-20-14(12)11-21/h5-7,13,15H,8-11H2,1-4H3/t13-,15+/m1/s1. The van der Waals surface area contributed by atoms with Gasteiger partial charge in [0.05, 0.1) is 32.4 Å². The first-order chi connectivity index (χ1) is 13.2. The number of amides is 2. The zero-order valence-corrected chi connectivity index (χ0v) is 16.5. The van der Waals surface area contributed by atoms with Gasteiger partial charge >= 0.3 is 18.2 Å². The maximum absolute atomic E-state index is 12.5. The number of carbonyl (C=O) groups excluding carboxylic acids is 3. The van der Waals surface area contributed by atoms with E-state index in [1.807, 2.05) is 12.1 Å². The molecule has 3 rings (SSSR count). The first kappa shape index (κ1) is 19.9. The Kier molecular flexibility index (Phi) is 5.44. The Bertz CT molecular complexity index is 750. The number of aromatic nitrogens is 1. The monoisotopic (exact) mass is 391 g/mol. The van der Waals surface area contributed by atoms with Crippen molar-refractivity contribution in [1.82, 2.24) is 14.8 Å². The Morgan fingerprint density at radius 3 is 2.57 bits per heavy atom. The topological polar surface area (TPSA) is 98.3 Å². The van der Waals surface area contributed by atoms with Crippen molar-refractivity contribution in [2.75, 3.05) is 13.7 Å².